The first-order valence-electron chi connectivity index (χ1n) is 3.12. The highest BCUT2D eigenvalue weighted by molar-refractivity contribution is 5.85. The predicted molar refractivity (Wildman–Crippen MR) is 45.5 cm³/mol. The molecule has 60 valence electrons. The number of unbranched alkanes of at least 4 members (excludes halogenated alkanes) is 3. The third kappa shape index (κ3) is 17.9. The Morgan fingerprint density at radius 2 is 1.67 bits per heavy atom. The van der Waals surface area contributed by atoms with Gasteiger partial charge in [-0.1, -0.05) is 26.2 Å². The molecule has 2 nitrogen and oxygen atoms in total. The summed E-state index contributed by atoms with van der Waals surface area (Å²) in [5.74, 6) is 0. The van der Waals surface area contributed by atoms with E-state index in [1.807, 2.05) is 0 Å². The first-order valence-corrected chi connectivity index (χ1v) is 3.12. The van der Waals surface area contributed by atoms with Gasteiger partial charge in [0.1, 0.15) is 0 Å². The van der Waals surface area contributed by atoms with Crippen LogP contribution in [0, 0.1) is 0 Å². The number of hydrogen-bond donors (Lipinski definition) is 2. The monoisotopic (exact) mass is 154 g/mol. The molecule has 0 aromatic rings. The van der Waals surface area contributed by atoms with Gasteiger partial charge in [-0.2, -0.15) is 0 Å². The zero-order chi connectivity index (χ0) is 5.54. The molecule has 3 heteroatoms. The van der Waals surface area contributed by atoms with Gasteiger partial charge in [-0.05, 0) is 13.0 Å². The fourth-order valence-corrected chi connectivity index (χ4v) is 0.571. The van der Waals surface area contributed by atoms with Crippen LogP contribution in [-0.2, 0) is 0 Å². The Kier molecular flexibility index (Phi) is 28.1. The van der Waals surface area contributed by atoms with Gasteiger partial charge >= 0.3 is 0 Å². The number of nitrogens with two attached hydrogens (primary N) is 1. The Balaban J connectivity index is -0.000000180. The van der Waals surface area contributed by atoms with Crippen molar-refractivity contribution in [2.75, 3.05) is 6.54 Å². The second kappa shape index (κ2) is 15.7. The van der Waals surface area contributed by atoms with Gasteiger partial charge in [0.2, 0.25) is 0 Å². The predicted octanol–water partition coefficient (Wildman–Crippen LogP) is 2.11. The minimum atomic E-state index is 0. The van der Waals surface area contributed by atoms with Gasteiger partial charge in [0.25, 0.3) is 0 Å². The molecule has 0 heterocycles. The zero-order valence-electron chi connectivity index (χ0n) is 6.23. The van der Waals surface area contributed by atoms with Crippen LogP contribution in [0.3, 0.4) is 0 Å². The summed E-state index contributed by atoms with van der Waals surface area (Å²) in [4.78, 5) is 0. The van der Waals surface area contributed by atoms with Crippen LogP contribution in [0.4, 0.5) is 0 Å². The molecule has 0 radical (unpaired) electrons. The molecule has 9 heavy (non-hydrogen) atoms. The van der Waals surface area contributed by atoms with Crippen LogP contribution < -0.4 is 11.9 Å². The SMILES string of the molecule is CCCCCCN.Cl.N. The first-order chi connectivity index (χ1) is 3.41. The molecule has 0 aromatic heterocycles. The fraction of sp³-hybridized carbons (Fsp3) is 1.00. The Labute approximate surface area is 64.2 Å². The van der Waals surface area contributed by atoms with E-state index in [4.69, 9.17) is 5.73 Å². The number of hydrogen-bond acceptors (Lipinski definition) is 2. The summed E-state index contributed by atoms with van der Waals surface area (Å²) in [6, 6.07) is 0. The Hall–Kier alpha value is 0.210. The van der Waals surface area contributed by atoms with Crippen molar-refractivity contribution in [3.63, 3.8) is 0 Å². The summed E-state index contributed by atoms with van der Waals surface area (Å²) < 4.78 is 0. The van der Waals surface area contributed by atoms with Gasteiger partial charge in [0, 0.05) is 0 Å². The molecule has 0 atom stereocenters. The Morgan fingerprint density at radius 1 is 1.11 bits per heavy atom. The highest BCUT2D eigenvalue weighted by atomic mass is 35.5. The lowest BCUT2D eigenvalue weighted by Gasteiger charge is -1.90. The summed E-state index contributed by atoms with van der Waals surface area (Å²) in [6.07, 6.45) is 5.16. The summed E-state index contributed by atoms with van der Waals surface area (Å²) >= 11 is 0. The molecule has 0 spiro atoms. The molecule has 0 amide bonds. The molecular weight excluding hydrogens is 136 g/mol. The van der Waals surface area contributed by atoms with E-state index in [1.54, 1.807) is 0 Å². The van der Waals surface area contributed by atoms with E-state index >= 15 is 0 Å². The summed E-state index contributed by atoms with van der Waals surface area (Å²) in [5.41, 5.74) is 5.27. The number of rotatable bonds is 4. The van der Waals surface area contributed by atoms with E-state index in [9.17, 15) is 0 Å². The normalized spacial score (nSPS) is 7.33. The number of halogens is 1. The molecule has 0 aromatic carbocycles. The van der Waals surface area contributed by atoms with Crippen molar-refractivity contribution in [2.24, 2.45) is 5.73 Å². The standard InChI is InChI=1S/C6H15N.ClH.H3N/c1-2-3-4-5-6-7;;/h2-7H2,1H3;1H;1H3. The van der Waals surface area contributed by atoms with Crippen LogP contribution in [0.15, 0.2) is 0 Å². The molecule has 0 fully saturated rings. The van der Waals surface area contributed by atoms with Crippen molar-refractivity contribution < 1.29 is 0 Å². The highest BCUT2D eigenvalue weighted by Crippen LogP contribution is 1.95. The second-order valence-electron chi connectivity index (χ2n) is 1.85. The van der Waals surface area contributed by atoms with Crippen LogP contribution >= 0.6 is 12.4 Å². The van der Waals surface area contributed by atoms with Crippen LogP contribution in [0.5, 0.6) is 0 Å². The van der Waals surface area contributed by atoms with Crippen molar-refractivity contribution in [2.45, 2.75) is 32.6 Å². The lowest BCUT2D eigenvalue weighted by molar-refractivity contribution is 0.674. The first kappa shape index (κ1) is 16.1. The molecule has 5 N–H and O–H groups in total. The fourth-order valence-electron chi connectivity index (χ4n) is 0.571. The topological polar surface area (TPSA) is 61.0 Å². The van der Waals surface area contributed by atoms with E-state index in [-0.39, 0.29) is 18.6 Å². The maximum Gasteiger partial charge on any atom is -0.00773 e. The third-order valence-corrected chi connectivity index (χ3v) is 1.06. The molecular formula is C6H19ClN2. The van der Waals surface area contributed by atoms with Crippen LogP contribution in [0.2, 0.25) is 0 Å². The van der Waals surface area contributed by atoms with Gasteiger partial charge in [-0.15, -0.1) is 12.4 Å². The van der Waals surface area contributed by atoms with Gasteiger partial charge < -0.3 is 11.9 Å². The van der Waals surface area contributed by atoms with Crippen molar-refractivity contribution in [1.29, 1.82) is 0 Å². The minimum absolute atomic E-state index is 0. The van der Waals surface area contributed by atoms with Crippen LogP contribution in [-0.4, -0.2) is 6.54 Å². The Bertz CT molecular complexity index is 30.2. The van der Waals surface area contributed by atoms with Gasteiger partial charge in [0.15, 0.2) is 0 Å². The molecule has 0 aliphatic carbocycles. The van der Waals surface area contributed by atoms with Gasteiger partial charge in [-0.3, -0.25) is 0 Å². The molecule has 0 bridgehead atoms. The largest absolute Gasteiger partial charge is 0.344 e. The quantitative estimate of drug-likeness (QED) is 0.610. The average molecular weight is 155 g/mol. The molecule has 0 rings (SSSR count). The van der Waals surface area contributed by atoms with E-state index in [0.29, 0.717) is 0 Å². The van der Waals surface area contributed by atoms with Gasteiger partial charge in [-0.25, -0.2) is 0 Å². The zero-order valence-corrected chi connectivity index (χ0v) is 7.04. The molecule has 0 aliphatic heterocycles. The third-order valence-electron chi connectivity index (χ3n) is 1.06. The lowest BCUT2D eigenvalue weighted by Crippen LogP contribution is -1.97. The molecule has 0 saturated heterocycles. The van der Waals surface area contributed by atoms with Crippen LogP contribution in [0.25, 0.3) is 0 Å². The van der Waals surface area contributed by atoms with E-state index in [1.165, 1.54) is 25.7 Å². The maximum absolute atomic E-state index is 5.27. The molecule has 0 aliphatic rings. The maximum atomic E-state index is 5.27. The van der Waals surface area contributed by atoms with E-state index < -0.39 is 0 Å². The summed E-state index contributed by atoms with van der Waals surface area (Å²) in [7, 11) is 0. The Morgan fingerprint density at radius 3 is 2.00 bits per heavy atom. The van der Waals surface area contributed by atoms with Crippen molar-refractivity contribution in [3.05, 3.63) is 0 Å². The summed E-state index contributed by atoms with van der Waals surface area (Å²) in [6.45, 7) is 3.07. The van der Waals surface area contributed by atoms with Crippen molar-refractivity contribution in [1.82, 2.24) is 6.15 Å². The van der Waals surface area contributed by atoms with E-state index in [0.717, 1.165) is 6.54 Å². The van der Waals surface area contributed by atoms with E-state index in [2.05, 4.69) is 6.92 Å². The van der Waals surface area contributed by atoms with Crippen molar-refractivity contribution in [3.8, 4) is 0 Å². The lowest BCUT2D eigenvalue weighted by atomic mass is 10.2. The molecule has 0 saturated carbocycles. The average Bonchev–Trinajstić information content (AvgIpc) is 1.69. The van der Waals surface area contributed by atoms with Crippen LogP contribution in [0.1, 0.15) is 32.6 Å². The highest BCUT2D eigenvalue weighted by Gasteiger charge is 1.80. The van der Waals surface area contributed by atoms with Gasteiger partial charge in [0.05, 0.1) is 0 Å². The summed E-state index contributed by atoms with van der Waals surface area (Å²) in [5, 5.41) is 0. The second-order valence-corrected chi connectivity index (χ2v) is 1.85. The minimum Gasteiger partial charge on any atom is -0.344 e. The molecule has 0 unspecified atom stereocenters. The smallest absolute Gasteiger partial charge is 0.00773 e. The van der Waals surface area contributed by atoms with Crippen molar-refractivity contribution >= 4 is 12.4 Å².